The molecule has 5 heavy (non-hydrogen) atoms. The maximum absolute atomic E-state index is 2.58. The predicted molar refractivity (Wildman–Crippen MR) is 36.9 cm³/mol. The van der Waals surface area contributed by atoms with Crippen LogP contribution in [0.5, 0.6) is 0 Å². The molecule has 0 N–H and O–H groups in total. The molecule has 0 spiro atoms. The van der Waals surface area contributed by atoms with Crippen LogP contribution in [0.3, 0.4) is 0 Å². The lowest BCUT2D eigenvalue weighted by Crippen LogP contribution is -1.41. The van der Waals surface area contributed by atoms with Crippen molar-refractivity contribution >= 4 is 50.3 Å². The van der Waals surface area contributed by atoms with Crippen LogP contribution in [0.2, 0.25) is 5.28 Å². The summed E-state index contributed by atoms with van der Waals surface area (Å²) >= 11 is 2.58. The Kier molecular flexibility index (Phi) is 57.3. The Labute approximate surface area is 62.3 Å². The van der Waals surface area contributed by atoms with Crippen LogP contribution in [-0.4, -0.2) is 16.3 Å². The van der Waals surface area contributed by atoms with Gasteiger partial charge in [0, 0.05) is 0 Å². The molecule has 0 saturated carbocycles. The zero-order chi connectivity index (χ0) is 2.71. The Morgan fingerprint density at radius 1 is 1.40 bits per heavy atom. The van der Waals surface area contributed by atoms with E-state index in [9.17, 15) is 0 Å². The second kappa shape index (κ2) is 17.8. The van der Waals surface area contributed by atoms with Crippen molar-refractivity contribution in [3.05, 3.63) is 0 Å². The first-order valence-corrected chi connectivity index (χ1v) is 1.93. The summed E-state index contributed by atoms with van der Waals surface area (Å²) in [4.78, 5) is 0. The maximum atomic E-state index is 2.58. The molecule has 0 aliphatic heterocycles. The molecule has 0 nitrogen and oxygen atoms in total. The van der Waals surface area contributed by atoms with Crippen LogP contribution < -0.4 is 0 Å². The normalized spacial score (nSPS) is 3.40. The van der Waals surface area contributed by atoms with E-state index >= 15 is 0 Å². The molecule has 0 saturated heterocycles. The fourth-order valence-corrected chi connectivity index (χ4v) is 0. The van der Waals surface area contributed by atoms with Gasteiger partial charge in [0.15, 0.2) is 0 Å². The topological polar surface area (TPSA) is 0 Å². The van der Waals surface area contributed by atoms with E-state index in [1.807, 2.05) is 0 Å². The van der Waals surface area contributed by atoms with Crippen LogP contribution in [-0.2, 0) is 0 Å². The number of hydrogen-bond donors (Lipinski definition) is 0. The van der Waals surface area contributed by atoms with E-state index in [2.05, 4.69) is 23.2 Å². The zero-order valence-corrected chi connectivity index (χ0v) is 7.68. The van der Waals surface area contributed by atoms with Crippen LogP contribution in [0.4, 0.5) is 0 Å². The Bertz CT molecular complexity index is 7.61. The molecule has 0 atom stereocenters. The average Bonchev–Trinajstić information content (AvgIpc) is 0.918. The minimum Gasteiger partial charge on any atom is -0.120 e. The Morgan fingerprint density at radius 2 is 1.40 bits per heavy atom. The Hall–Kier alpha value is 1.49. The molecule has 0 unspecified atom stereocenters. The van der Waals surface area contributed by atoms with Gasteiger partial charge in [-0.25, -0.2) is 0 Å². The molecule has 0 amide bonds. The summed E-state index contributed by atoms with van der Waals surface area (Å²) in [5.41, 5.74) is 0. The third-order valence-electron chi connectivity index (χ3n) is 0. The molecule has 2 radical (unpaired) electrons. The van der Waals surface area contributed by atoms with Crippen molar-refractivity contribution in [3.63, 3.8) is 0 Å². The lowest BCUT2D eigenvalue weighted by atomic mass is 11.0. The quantitative estimate of drug-likeness (QED) is 0.543. The van der Waals surface area contributed by atoms with E-state index in [0.29, 0.717) is 0 Å². The molecule has 0 aromatic heterocycles. The highest BCUT2D eigenvalue weighted by molar-refractivity contribution is 8.93. The third kappa shape index (κ3) is 30.1. The van der Waals surface area contributed by atoms with Gasteiger partial charge in [-0.3, -0.25) is 0 Å². The summed E-state index contributed by atoms with van der Waals surface area (Å²) in [6.45, 7) is 2.09. The fraction of sp³-hybridized carbons (Fsp3) is 1.00. The average molecular weight is 218 g/mol. The SMILES string of the molecule is Br.Br.C[CH2][Al]. The number of hydrogen-bond acceptors (Lipinski definition) is 0. The van der Waals surface area contributed by atoms with Gasteiger partial charge in [-0.1, -0.05) is 6.92 Å². The summed E-state index contributed by atoms with van der Waals surface area (Å²) in [5.74, 6) is 0. The van der Waals surface area contributed by atoms with Crippen LogP contribution in [0.1, 0.15) is 6.92 Å². The molecule has 32 valence electrons. The number of halogens is 2. The molecule has 0 bridgehead atoms. The predicted octanol–water partition coefficient (Wildman–Crippen LogP) is 1.75. The van der Waals surface area contributed by atoms with E-state index < -0.39 is 0 Å². The van der Waals surface area contributed by atoms with Gasteiger partial charge in [0.1, 0.15) is 16.3 Å². The van der Waals surface area contributed by atoms with Gasteiger partial charge < -0.3 is 0 Å². The molecule has 0 aromatic rings. The van der Waals surface area contributed by atoms with Crippen molar-refractivity contribution in [1.82, 2.24) is 0 Å². The van der Waals surface area contributed by atoms with Gasteiger partial charge >= 0.3 is 0 Å². The molecule has 0 aliphatic carbocycles. The van der Waals surface area contributed by atoms with Crippen molar-refractivity contribution in [1.29, 1.82) is 0 Å². The van der Waals surface area contributed by atoms with E-state index in [4.69, 9.17) is 0 Å². The summed E-state index contributed by atoms with van der Waals surface area (Å²) in [7, 11) is 0. The summed E-state index contributed by atoms with van der Waals surface area (Å²) in [5, 5.41) is 1.17. The van der Waals surface area contributed by atoms with E-state index in [1.165, 1.54) is 5.28 Å². The van der Waals surface area contributed by atoms with Crippen LogP contribution in [0.15, 0.2) is 0 Å². The first-order valence-electron chi connectivity index (χ1n) is 1.12. The summed E-state index contributed by atoms with van der Waals surface area (Å²) in [6, 6.07) is 0. The van der Waals surface area contributed by atoms with Crippen LogP contribution >= 0.6 is 34.0 Å². The number of rotatable bonds is 0. The summed E-state index contributed by atoms with van der Waals surface area (Å²) in [6.07, 6.45) is 0. The highest BCUT2D eigenvalue weighted by Crippen LogP contribution is 1.49. The van der Waals surface area contributed by atoms with Crippen molar-refractivity contribution in [2.75, 3.05) is 0 Å². The first-order chi connectivity index (χ1) is 1.41. The molecule has 3 heteroatoms. The minimum absolute atomic E-state index is 0. The standard InChI is InChI=1S/C2H5.Al.2BrH/c1-2;;;/h1H2,2H3;;2*1H. The molecule has 0 heterocycles. The van der Waals surface area contributed by atoms with Crippen molar-refractivity contribution in [2.24, 2.45) is 0 Å². The Balaban J connectivity index is -0.0000000200. The van der Waals surface area contributed by atoms with Gasteiger partial charge in [-0.2, -0.15) is 0 Å². The molecule has 0 rings (SSSR count). The highest BCUT2D eigenvalue weighted by atomic mass is 79.9. The lowest BCUT2D eigenvalue weighted by molar-refractivity contribution is 1.48. The highest BCUT2D eigenvalue weighted by Gasteiger charge is 1.37. The second-order valence-corrected chi connectivity index (χ2v) is 1.22. The summed E-state index contributed by atoms with van der Waals surface area (Å²) < 4.78 is 0. The van der Waals surface area contributed by atoms with Gasteiger partial charge in [0.2, 0.25) is 0 Å². The van der Waals surface area contributed by atoms with Gasteiger partial charge in [-0.05, 0) is 0 Å². The fourth-order valence-electron chi connectivity index (χ4n) is 0. The molecule has 0 aliphatic rings. The molecular formula is C2H7AlBr2. The second-order valence-electron chi connectivity index (χ2n) is 0.408. The largest absolute Gasteiger partial charge is 0.120 e. The molecular weight excluding hydrogens is 211 g/mol. The lowest BCUT2D eigenvalue weighted by Gasteiger charge is -1.47. The maximum Gasteiger partial charge on any atom is 0.117 e. The Morgan fingerprint density at radius 3 is 1.40 bits per heavy atom. The first kappa shape index (κ1) is 16.1. The van der Waals surface area contributed by atoms with Crippen molar-refractivity contribution in [2.45, 2.75) is 12.2 Å². The van der Waals surface area contributed by atoms with Crippen molar-refractivity contribution in [3.8, 4) is 0 Å². The molecule has 0 fully saturated rings. The van der Waals surface area contributed by atoms with Gasteiger partial charge in [0.05, 0.1) is 0 Å². The van der Waals surface area contributed by atoms with E-state index in [0.717, 1.165) is 0 Å². The monoisotopic (exact) mass is 216 g/mol. The molecule has 0 aromatic carbocycles. The minimum atomic E-state index is 0. The van der Waals surface area contributed by atoms with Gasteiger partial charge in [-0.15, -0.1) is 39.2 Å². The van der Waals surface area contributed by atoms with E-state index in [-0.39, 0.29) is 34.0 Å². The third-order valence-corrected chi connectivity index (χ3v) is 0. The van der Waals surface area contributed by atoms with Crippen LogP contribution in [0.25, 0.3) is 0 Å². The van der Waals surface area contributed by atoms with E-state index in [1.54, 1.807) is 0 Å². The van der Waals surface area contributed by atoms with Gasteiger partial charge in [0.25, 0.3) is 0 Å². The smallest absolute Gasteiger partial charge is 0.117 e. The van der Waals surface area contributed by atoms with Crippen LogP contribution in [0, 0.1) is 0 Å². The van der Waals surface area contributed by atoms with Crippen molar-refractivity contribution < 1.29 is 0 Å². The zero-order valence-electron chi connectivity index (χ0n) is 3.10.